The summed E-state index contributed by atoms with van der Waals surface area (Å²) in [6, 6.07) is 14.1. The molecule has 0 atom stereocenters. The van der Waals surface area contributed by atoms with Crippen LogP contribution in [0, 0.1) is 13.8 Å². The van der Waals surface area contributed by atoms with Crippen molar-refractivity contribution in [2.24, 2.45) is 0 Å². The summed E-state index contributed by atoms with van der Waals surface area (Å²) in [5.41, 5.74) is 1.72. The number of hydrogen-bond donors (Lipinski definition) is 0. The number of nitrogens with zero attached hydrogens (tertiary/aromatic N) is 5. The normalized spacial score (nSPS) is 15.1. The van der Waals surface area contributed by atoms with Gasteiger partial charge in [0.2, 0.25) is 15.9 Å². The molecule has 0 radical (unpaired) electrons. The van der Waals surface area contributed by atoms with Crippen LogP contribution < -0.4 is 5.56 Å². The molecule has 0 spiro atoms. The largest absolute Gasteiger partial charge is 0.338 e. The van der Waals surface area contributed by atoms with Crippen LogP contribution >= 0.6 is 0 Å². The molecule has 1 saturated heterocycles. The minimum Gasteiger partial charge on any atom is -0.338 e. The molecule has 4 aromatic rings. The molecule has 2 aromatic carbocycles. The Bertz CT molecular complexity index is 1620. The Kier molecular flexibility index (Phi) is 5.86. The zero-order chi connectivity index (χ0) is 24.7. The molecular formula is C25H25N5O4S. The van der Waals surface area contributed by atoms with Crippen molar-refractivity contribution in [3.8, 4) is 0 Å². The van der Waals surface area contributed by atoms with Gasteiger partial charge in [-0.1, -0.05) is 24.3 Å². The number of sulfonamides is 1. The van der Waals surface area contributed by atoms with Gasteiger partial charge in [0.15, 0.2) is 0 Å². The number of carbonyl (C=O) groups excluding carboxylic acids is 1. The summed E-state index contributed by atoms with van der Waals surface area (Å²) in [5, 5.41) is 1.23. The molecule has 10 heteroatoms. The minimum absolute atomic E-state index is 0.137. The number of para-hydroxylation sites is 2. The van der Waals surface area contributed by atoms with Gasteiger partial charge in [-0.2, -0.15) is 4.31 Å². The highest BCUT2D eigenvalue weighted by atomic mass is 32.2. The molecule has 180 valence electrons. The predicted molar refractivity (Wildman–Crippen MR) is 133 cm³/mol. The van der Waals surface area contributed by atoms with Crippen molar-refractivity contribution >= 4 is 37.7 Å². The number of pyridine rings is 1. The van der Waals surface area contributed by atoms with Crippen molar-refractivity contribution in [2.45, 2.75) is 25.3 Å². The topological polar surface area (TPSA) is 105 Å². The van der Waals surface area contributed by atoms with Gasteiger partial charge in [0.25, 0.3) is 5.56 Å². The summed E-state index contributed by atoms with van der Waals surface area (Å²) in [6.07, 6.45) is 1.66. The Balaban J connectivity index is 1.32. The van der Waals surface area contributed by atoms with E-state index in [-0.39, 0.29) is 49.1 Å². The van der Waals surface area contributed by atoms with Crippen LogP contribution in [-0.2, 0) is 21.4 Å². The molecule has 9 nitrogen and oxygen atoms in total. The number of aryl methyl sites for hydroxylation is 2. The quantitative estimate of drug-likeness (QED) is 0.433. The van der Waals surface area contributed by atoms with E-state index in [2.05, 4.69) is 9.97 Å². The van der Waals surface area contributed by atoms with Gasteiger partial charge in [-0.05, 0) is 43.7 Å². The summed E-state index contributed by atoms with van der Waals surface area (Å²) < 4.78 is 29.6. The molecule has 5 rings (SSSR count). The molecule has 1 aliphatic rings. The molecule has 1 aliphatic heterocycles. The predicted octanol–water partition coefficient (Wildman–Crippen LogP) is 2.09. The third kappa shape index (κ3) is 4.19. The number of piperazine rings is 1. The van der Waals surface area contributed by atoms with E-state index in [1.807, 2.05) is 25.1 Å². The van der Waals surface area contributed by atoms with Crippen LogP contribution in [0.15, 0.2) is 64.4 Å². The van der Waals surface area contributed by atoms with E-state index in [4.69, 9.17) is 0 Å². The van der Waals surface area contributed by atoms with Crippen LogP contribution in [0.1, 0.15) is 11.4 Å². The van der Waals surface area contributed by atoms with Crippen LogP contribution in [0.3, 0.4) is 0 Å². The molecule has 0 saturated carbocycles. The van der Waals surface area contributed by atoms with E-state index in [0.29, 0.717) is 22.2 Å². The van der Waals surface area contributed by atoms with E-state index < -0.39 is 10.0 Å². The van der Waals surface area contributed by atoms with E-state index in [1.54, 1.807) is 48.4 Å². The number of rotatable bonds is 4. The first kappa shape index (κ1) is 23.1. The van der Waals surface area contributed by atoms with E-state index in [1.165, 1.54) is 8.87 Å². The fraction of sp³-hybridized carbons (Fsp3) is 0.280. The molecule has 0 bridgehead atoms. The van der Waals surface area contributed by atoms with E-state index in [9.17, 15) is 18.0 Å². The van der Waals surface area contributed by atoms with Crippen LogP contribution in [0.5, 0.6) is 0 Å². The highest BCUT2D eigenvalue weighted by Gasteiger charge is 2.31. The summed E-state index contributed by atoms with van der Waals surface area (Å²) >= 11 is 0. The third-order valence-electron chi connectivity index (χ3n) is 6.37. The van der Waals surface area contributed by atoms with Crippen molar-refractivity contribution < 1.29 is 13.2 Å². The first-order valence-corrected chi connectivity index (χ1v) is 12.8. The lowest BCUT2D eigenvalue weighted by atomic mass is 10.2. The lowest BCUT2D eigenvalue weighted by Gasteiger charge is -2.34. The number of aromatic nitrogens is 3. The standard InChI is InChI=1S/C25H25N5O4S/c1-17-14-19-6-5-9-22(24(19)26-15-17)35(33,34)29-12-10-28(11-13-29)23(31)16-30-18(2)27-21-8-4-3-7-20(21)25(30)32/h3-9,14-15H,10-13,16H2,1-2H3. The van der Waals surface area contributed by atoms with Gasteiger partial charge in [-0.25, -0.2) is 13.4 Å². The lowest BCUT2D eigenvalue weighted by molar-refractivity contribution is -0.133. The highest BCUT2D eigenvalue weighted by Crippen LogP contribution is 2.25. The second-order valence-corrected chi connectivity index (χ2v) is 10.6. The Morgan fingerprint density at radius 1 is 1.00 bits per heavy atom. The van der Waals surface area contributed by atoms with Gasteiger partial charge in [-0.15, -0.1) is 0 Å². The van der Waals surface area contributed by atoms with E-state index >= 15 is 0 Å². The number of amides is 1. The van der Waals surface area contributed by atoms with Crippen LogP contribution in [0.25, 0.3) is 21.8 Å². The van der Waals surface area contributed by atoms with Gasteiger partial charge in [0.05, 0.1) is 16.4 Å². The second kappa shape index (κ2) is 8.86. The summed E-state index contributed by atoms with van der Waals surface area (Å²) in [5.74, 6) is 0.216. The minimum atomic E-state index is -3.78. The monoisotopic (exact) mass is 491 g/mol. The van der Waals surface area contributed by atoms with Crippen LogP contribution in [0.2, 0.25) is 0 Å². The third-order valence-corrected chi connectivity index (χ3v) is 8.30. The molecular weight excluding hydrogens is 466 g/mol. The zero-order valence-corrected chi connectivity index (χ0v) is 20.3. The summed E-state index contributed by atoms with van der Waals surface area (Å²) in [4.78, 5) is 36.5. The molecule has 2 aromatic heterocycles. The van der Waals surface area contributed by atoms with Gasteiger partial charge in [0.1, 0.15) is 17.3 Å². The van der Waals surface area contributed by atoms with Crippen molar-refractivity contribution in [3.63, 3.8) is 0 Å². The fourth-order valence-corrected chi connectivity index (χ4v) is 6.06. The second-order valence-electron chi connectivity index (χ2n) is 8.69. The van der Waals surface area contributed by atoms with Gasteiger partial charge >= 0.3 is 0 Å². The van der Waals surface area contributed by atoms with Crippen LogP contribution in [-0.4, -0.2) is 64.2 Å². The SMILES string of the molecule is Cc1cnc2c(S(=O)(=O)N3CCN(C(=O)Cn4c(C)nc5ccccc5c4=O)CC3)cccc2c1. The average Bonchev–Trinajstić information content (AvgIpc) is 2.86. The maximum absolute atomic E-state index is 13.4. The number of benzene rings is 2. The Morgan fingerprint density at radius 2 is 1.74 bits per heavy atom. The van der Waals surface area contributed by atoms with Crippen molar-refractivity contribution in [1.82, 2.24) is 23.7 Å². The molecule has 1 amide bonds. The highest BCUT2D eigenvalue weighted by molar-refractivity contribution is 7.89. The molecule has 35 heavy (non-hydrogen) atoms. The number of hydrogen-bond acceptors (Lipinski definition) is 6. The smallest absolute Gasteiger partial charge is 0.261 e. The number of carbonyl (C=O) groups is 1. The molecule has 3 heterocycles. The van der Waals surface area contributed by atoms with Gasteiger partial charge in [0, 0.05) is 37.8 Å². The Hall–Kier alpha value is -3.63. The van der Waals surface area contributed by atoms with Gasteiger partial charge < -0.3 is 4.90 Å². The van der Waals surface area contributed by atoms with Crippen molar-refractivity contribution in [3.05, 3.63) is 76.5 Å². The van der Waals surface area contributed by atoms with Crippen LogP contribution in [0.4, 0.5) is 0 Å². The first-order chi connectivity index (χ1) is 16.8. The van der Waals surface area contributed by atoms with E-state index in [0.717, 1.165) is 10.9 Å². The molecule has 1 fully saturated rings. The first-order valence-electron chi connectivity index (χ1n) is 11.4. The fourth-order valence-electron chi connectivity index (χ4n) is 4.47. The Labute approximate surface area is 202 Å². The van der Waals surface area contributed by atoms with Gasteiger partial charge in [-0.3, -0.25) is 19.1 Å². The Morgan fingerprint density at radius 3 is 2.51 bits per heavy atom. The lowest BCUT2D eigenvalue weighted by Crippen LogP contribution is -2.51. The summed E-state index contributed by atoms with van der Waals surface area (Å²) in [7, 11) is -3.78. The molecule has 0 N–H and O–H groups in total. The molecule has 0 aliphatic carbocycles. The van der Waals surface area contributed by atoms with Crippen molar-refractivity contribution in [1.29, 1.82) is 0 Å². The maximum atomic E-state index is 13.4. The molecule has 0 unspecified atom stereocenters. The summed E-state index contributed by atoms with van der Waals surface area (Å²) in [6.45, 7) is 4.29. The maximum Gasteiger partial charge on any atom is 0.261 e. The zero-order valence-electron chi connectivity index (χ0n) is 19.5. The average molecular weight is 492 g/mol. The van der Waals surface area contributed by atoms with Crippen molar-refractivity contribution in [2.75, 3.05) is 26.2 Å². The number of fused-ring (bicyclic) bond motifs is 2.